The summed E-state index contributed by atoms with van der Waals surface area (Å²) in [7, 11) is 1.83. The second kappa shape index (κ2) is 7.25. The second-order valence-electron chi connectivity index (χ2n) is 7.19. The van der Waals surface area contributed by atoms with Crippen molar-refractivity contribution in [3.05, 3.63) is 24.3 Å². The Kier molecular flexibility index (Phi) is 5.57. The maximum absolute atomic E-state index is 12.3. The van der Waals surface area contributed by atoms with E-state index in [2.05, 4.69) is 21.8 Å². The van der Waals surface area contributed by atoms with Gasteiger partial charge in [0.05, 0.1) is 11.7 Å². The number of nitrogens with zero attached hydrogens (tertiary/aromatic N) is 4. The first kappa shape index (κ1) is 17.7. The molecule has 0 bridgehead atoms. The van der Waals surface area contributed by atoms with E-state index in [4.69, 9.17) is 4.74 Å². The van der Waals surface area contributed by atoms with Crippen molar-refractivity contribution in [2.45, 2.75) is 58.2 Å². The van der Waals surface area contributed by atoms with Crippen LogP contribution in [0.5, 0.6) is 0 Å². The minimum atomic E-state index is -0.466. The Hall–Kier alpha value is -1.69. The molecule has 1 aliphatic heterocycles. The van der Waals surface area contributed by atoms with Crippen LogP contribution >= 0.6 is 0 Å². The fourth-order valence-corrected chi connectivity index (χ4v) is 2.85. The van der Waals surface area contributed by atoms with Gasteiger partial charge in [-0.1, -0.05) is 0 Å². The summed E-state index contributed by atoms with van der Waals surface area (Å²) >= 11 is 0. The normalized spacial score (nSPS) is 20.8. The van der Waals surface area contributed by atoms with Crippen molar-refractivity contribution in [2.24, 2.45) is 0 Å². The third kappa shape index (κ3) is 4.89. The van der Waals surface area contributed by atoms with Crippen molar-refractivity contribution in [3.63, 3.8) is 0 Å². The summed E-state index contributed by atoms with van der Waals surface area (Å²) in [6.07, 6.45) is 7.02. The van der Waals surface area contributed by atoms with E-state index in [0.717, 1.165) is 31.6 Å². The van der Waals surface area contributed by atoms with E-state index >= 15 is 0 Å². The molecule has 0 aliphatic carbocycles. The van der Waals surface area contributed by atoms with E-state index in [9.17, 15) is 4.79 Å². The average Bonchev–Trinajstić information content (AvgIpc) is 2.52. The van der Waals surface area contributed by atoms with E-state index in [1.54, 1.807) is 17.3 Å². The van der Waals surface area contributed by atoms with E-state index in [1.807, 2.05) is 34.0 Å². The Balaban J connectivity index is 1.99. The molecule has 6 heteroatoms. The number of carbonyl (C=O) groups is 1. The number of piperidine rings is 1. The highest BCUT2D eigenvalue weighted by molar-refractivity contribution is 5.68. The molecule has 0 radical (unpaired) electrons. The zero-order valence-electron chi connectivity index (χ0n) is 14.8. The van der Waals surface area contributed by atoms with Crippen LogP contribution in [0.15, 0.2) is 18.6 Å². The van der Waals surface area contributed by atoms with Crippen LogP contribution in [0.25, 0.3) is 0 Å². The number of rotatable bonds is 3. The van der Waals surface area contributed by atoms with Gasteiger partial charge in [0.1, 0.15) is 5.60 Å². The van der Waals surface area contributed by atoms with Crippen molar-refractivity contribution in [1.29, 1.82) is 0 Å². The zero-order chi connectivity index (χ0) is 17.0. The highest BCUT2D eigenvalue weighted by Gasteiger charge is 2.31. The minimum absolute atomic E-state index is 0.165. The van der Waals surface area contributed by atoms with Crippen LogP contribution in [0.2, 0.25) is 0 Å². The molecule has 1 fully saturated rings. The number of ether oxygens (including phenoxy) is 1. The molecule has 128 valence electrons. The Morgan fingerprint density at radius 2 is 2.17 bits per heavy atom. The molecule has 0 spiro atoms. The van der Waals surface area contributed by atoms with E-state index in [1.165, 1.54) is 0 Å². The van der Waals surface area contributed by atoms with Crippen LogP contribution in [-0.4, -0.2) is 57.6 Å². The van der Waals surface area contributed by atoms with Crippen molar-refractivity contribution in [3.8, 4) is 0 Å². The molecule has 2 heterocycles. The molecular formula is C17H28N4O2. The van der Waals surface area contributed by atoms with Gasteiger partial charge >= 0.3 is 6.09 Å². The summed E-state index contributed by atoms with van der Waals surface area (Å²) in [4.78, 5) is 24.9. The van der Waals surface area contributed by atoms with Crippen LogP contribution in [0.1, 0.15) is 52.3 Å². The molecule has 1 aromatic rings. The van der Waals surface area contributed by atoms with Gasteiger partial charge in [0.25, 0.3) is 0 Å². The Bertz CT molecular complexity index is 515. The molecule has 0 aromatic carbocycles. The molecule has 1 aliphatic rings. The van der Waals surface area contributed by atoms with Crippen LogP contribution in [0, 0.1) is 0 Å². The van der Waals surface area contributed by atoms with E-state index in [-0.39, 0.29) is 18.2 Å². The summed E-state index contributed by atoms with van der Waals surface area (Å²) in [5.41, 5.74) is 0.500. The summed E-state index contributed by atoms with van der Waals surface area (Å²) in [5.74, 6) is 0. The lowest BCUT2D eigenvalue weighted by molar-refractivity contribution is 0.0103. The van der Waals surface area contributed by atoms with Crippen molar-refractivity contribution >= 4 is 6.09 Å². The number of carbonyl (C=O) groups excluding carboxylic acids is 1. The average molecular weight is 320 g/mol. The Labute approximate surface area is 138 Å². The fourth-order valence-electron chi connectivity index (χ4n) is 2.85. The van der Waals surface area contributed by atoms with Gasteiger partial charge in [-0.3, -0.25) is 14.9 Å². The SMILES string of the molecule is C[C@H](c1cnccn1)N1CCC[C@@H](N(C)C(=O)OC(C)(C)C)C1. The van der Waals surface area contributed by atoms with Crippen LogP contribution in [-0.2, 0) is 4.74 Å². The molecule has 1 saturated heterocycles. The van der Waals surface area contributed by atoms with Crippen LogP contribution in [0.3, 0.4) is 0 Å². The summed E-state index contributed by atoms with van der Waals surface area (Å²) in [6, 6.07) is 0.358. The van der Waals surface area contributed by atoms with Gasteiger partial charge in [0, 0.05) is 38.2 Å². The molecule has 1 aromatic heterocycles. The molecular weight excluding hydrogens is 292 g/mol. The Morgan fingerprint density at radius 1 is 1.43 bits per heavy atom. The lowest BCUT2D eigenvalue weighted by Gasteiger charge is -2.40. The summed E-state index contributed by atoms with van der Waals surface area (Å²) in [6.45, 7) is 9.65. The highest BCUT2D eigenvalue weighted by Crippen LogP contribution is 2.25. The largest absolute Gasteiger partial charge is 0.444 e. The lowest BCUT2D eigenvalue weighted by Crippen LogP contribution is -2.50. The first-order valence-electron chi connectivity index (χ1n) is 8.23. The molecule has 2 rings (SSSR count). The predicted molar refractivity (Wildman–Crippen MR) is 89.0 cm³/mol. The topological polar surface area (TPSA) is 58.6 Å². The number of hydrogen-bond acceptors (Lipinski definition) is 5. The maximum atomic E-state index is 12.3. The van der Waals surface area contributed by atoms with Gasteiger partial charge in [-0.25, -0.2) is 4.79 Å². The van der Waals surface area contributed by atoms with Crippen LogP contribution < -0.4 is 0 Å². The molecule has 0 unspecified atom stereocenters. The first-order chi connectivity index (χ1) is 10.8. The number of hydrogen-bond donors (Lipinski definition) is 0. The molecule has 0 N–H and O–H groups in total. The third-order valence-electron chi connectivity index (χ3n) is 4.22. The summed E-state index contributed by atoms with van der Waals surface area (Å²) < 4.78 is 5.48. The first-order valence-corrected chi connectivity index (χ1v) is 8.23. The number of aromatic nitrogens is 2. The zero-order valence-corrected chi connectivity index (χ0v) is 14.8. The lowest BCUT2D eigenvalue weighted by atomic mass is 10.0. The van der Waals surface area contributed by atoms with Crippen molar-refractivity contribution < 1.29 is 9.53 Å². The smallest absolute Gasteiger partial charge is 0.410 e. The number of likely N-dealkylation sites (N-methyl/N-ethyl adjacent to an activating group) is 1. The predicted octanol–water partition coefficient (Wildman–Crippen LogP) is 2.87. The quantitative estimate of drug-likeness (QED) is 0.857. The van der Waals surface area contributed by atoms with Crippen molar-refractivity contribution in [2.75, 3.05) is 20.1 Å². The monoisotopic (exact) mass is 320 g/mol. The number of amides is 1. The van der Waals surface area contributed by atoms with Gasteiger partial charge < -0.3 is 9.64 Å². The fraction of sp³-hybridized carbons (Fsp3) is 0.706. The molecule has 6 nitrogen and oxygen atoms in total. The van der Waals surface area contributed by atoms with E-state index < -0.39 is 5.60 Å². The van der Waals surface area contributed by atoms with Gasteiger partial charge in [-0.15, -0.1) is 0 Å². The molecule has 23 heavy (non-hydrogen) atoms. The molecule has 1 amide bonds. The highest BCUT2D eigenvalue weighted by atomic mass is 16.6. The second-order valence-corrected chi connectivity index (χ2v) is 7.19. The van der Waals surface area contributed by atoms with Gasteiger partial charge in [0.2, 0.25) is 0 Å². The van der Waals surface area contributed by atoms with Crippen LogP contribution in [0.4, 0.5) is 4.79 Å². The van der Waals surface area contributed by atoms with Gasteiger partial charge in [0.15, 0.2) is 0 Å². The van der Waals surface area contributed by atoms with Crippen molar-refractivity contribution in [1.82, 2.24) is 19.8 Å². The molecule has 2 atom stereocenters. The van der Waals surface area contributed by atoms with E-state index in [0.29, 0.717) is 0 Å². The number of likely N-dealkylation sites (tertiary alicyclic amines) is 1. The summed E-state index contributed by atoms with van der Waals surface area (Å²) in [5, 5.41) is 0. The third-order valence-corrected chi connectivity index (χ3v) is 4.22. The maximum Gasteiger partial charge on any atom is 0.410 e. The standard InChI is InChI=1S/C17H28N4O2/c1-13(15-11-18-8-9-19-15)21-10-6-7-14(12-21)20(5)16(22)23-17(2,3)4/h8-9,11,13-14H,6-7,10,12H2,1-5H3/t13-,14-/m1/s1. The van der Waals surface area contributed by atoms with Gasteiger partial charge in [-0.05, 0) is 47.1 Å². The minimum Gasteiger partial charge on any atom is -0.444 e. The Morgan fingerprint density at radius 3 is 2.78 bits per heavy atom. The molecule has 0 saturated carbocycles. The van der Waals surface area contributed by atoms with Gasteiger partial charge in [-0.2, -0.15) is 0 Å².